The van der Waals surface area contributed by atoms with Crippen LogP contribution in [0.25, 0.3) is 5.69 Å². The van der Waals surface area contributed by atoms with Crippen molar-refractivity contribution in [2.45, 2.75) is 76.7 Å². The summed E-state index contributed by atoms with van der Waals surface area (Å²) in [5.74, 6) is 0.888. The van der Waals surface area contributed by atoms with Crippen LogP contribution in [0.15, 0.2) is 63.9 Å². The number of nitrogens with one attached hydrogen (secondary N) is 3. The van der Waals surface area contributed by atoms with Crippen molar-refractivity contribution >= 4 is 33.9 Å². The van der Waals surface area contributed by atoms with Crippen molar-refractivity contribution in [1.29, 1.82) is 0 Å². The molecule has 0 unspecified atom stereocenters. The van der Waals surface area contributed by atoms with Gasteiger partial charge in [-0.15, -0.1) is 0 Å². The van der Waals surface area contributed by atoms with E-state index in [1.807, 2.05) is 49.4 Å². The summed E-state index contributed by atoms with van der Waals surface area (Å²) < 4.78 is 40.1. The molecule has 0 spiro atoms. The highest BCUT2D eigenvalue weighted by atomic mass is 32.2. The van der Waals surface area contributed by atoms with E-state index in [0.717, 1.165) is 22.5 Å². The van der Waals surface area contributed by atoms with Crippen LogP contribution in [-0.4, -0.2) is 49.2 Å². The molecule has 11 nitrogen and oxygen atoms in total. The van der Waals surface area contributed by atoms with Gasteiger partial charge in [0.25, 0.3) is 0 Å². The molecule has 1 aliphatic heterocycles. The molecule has 3 N–H and O–H groups in total. The van der Waals surface area contributed by atoms with Gasteiger partial charge in [-0.25, -0.2) is 9.48 Å². The highest BCUT2D eigenvalue weighted by Gasteiger charge is 2.41. The van der Waals surface area contributed by atoms with Crippen molar-refractivity contribution in [1.82, 2.24) is 15.1 Å². The highest BCUT2D eigenvalue weighted by molar-refractivity contribution is 7.87. The van der Waals surface area contributed by atoms with Gasteiger partial charge in [0.05, 0.1) is 22.5 Å². The number of carbonyl (C=O) groups is 2. The lowest BCUT2D eigenvalue weighted by Crippen LogP contribution is -2.47. The topological polar surface area (TPSA) is 145 Å². The third-order valence-corrected chi connectivity index (χ3v) is 9.74. The molecule has 1 fully saturated rings. The Balaban J connectivity index is 1.31. The number of carbonyl (C=O) groups excluding carboxylic acids is 2. The molecule has 0 radical (unpaired) electrons. The van der Waals surface area contributed by atoms with Crippen LogP contribution in [-0.2, 0) is 26.1 Å². The lowest BCUT2D eigenvalue weighted by atomic mass is 9.86. The largest absolute Gasteiger partial charge is 0.464 e. The van der Waals surface area contributed by atoms with Gasteiger partial charge in [-0.1, -0.05) is 50.6 Å². The summed E-state index contributed by atoms with van der Waals surface area (Å²) >= 11 is 0. The predicted octanol–water partition coefficient (Wildman–Crippen LogP) is 6.21. The Labute approximate surface area is 269 Å². The van der Waals surface area contributed by atoms with Gasteiger partial charge in [0.15, 0.2) is 6.29 Å². The zero-order valence-corrected chi connectivity index (χ0v) is 27.9. The van der Waals surface area contributed by atoms with Gasteiger partial charge in [-0.3, -0.25) is 14.3 Å². The fraction of sp³-hybridized carbons (Fsp3) is 0.382. The average molecular weight is 648 g/mol. The zero-order valence-electron chi connectivity index (χ0n) is 27.1. The summed E-state index contributed by atoms with van der Waals surface area (Å²) in [6, 6.07) is 16.6. The average Bonchev–Trinajstić information content (AvgIpc) is 3.54. The lowest BCUT2D eigenvalue weighted by Gasteiger charge is -2.36. The number of nitrogens with zero attached hydrogens (tertiary/aromatic N) is 2. The third kappa shape index (κ3) is 7.24. The number of benzene rings is 2. The second-order valence-corrected chi connectivity index (χ2v) is 14.4. The molecule has 244 valence electrons. The molecule has 0 bridgehead atoms. The van der Waals surface area contributed by atoms with Crippen LogP contribution < -0.4 is 16.0 Å². The Bertz CT molecular complexity index is 1830. The first-order chi connectivity index (χ1) is 21.7. The molecule has 0 atom stereocenters. The van der Waals surface area contributed by atoms with Crippen molar-refractivity contribution in [3.63, 3.8) is 0 Å². The number of aryl methyl sites for hydroxylation is 3. The summed E-state index contributed by atoms with van der Waals surface area (Å²) in [5.41, 5.74) is 2.93. The summed E-state index contributed by atoms with van der Waals surface area (Å²) in [6.45, 7) is 12.4. The van der Waals surface area contributed by atoms with Crippen LogP contribution in [0.3, 0.4) is 0 Å². The minimum Gasteiger partial charge on any atom is -0.464 e. The first kappa shape index (κ1) is 33.1. The van der Waals surface area contributed by atoms with Crippen LogP contribution >= 0.6 is 0 Å². The number of anilines is 2. The molecule has 46 heavy (non-hydrogen) atoms. The Morgan fingerprint density at radius 2 is 1.67 bits per heavy atom. The molecule has 1 aliphatic rings. The van der Waals surface area contributed by atoms with Crippen molar-refractivity contribution in [2.24, 2.45) is 0 Å². The van der Waals surface area contributed by atoms with Gasteiger partial charge in [0, 0.05) is 23.6 Å². The minimum atomic E-state index is -4.30. The lowest BCUT2D eigenvalue weighted by molar-refractivity contribution is 0.0439. The van der Waals surface area contributed by atoms with Crippen LogP contribution in [0.2, 0.25) is 0 Å². The molecule has 0 saturated carbocycles. The van der Waals surface area contributed by atoms with E-state index in [9.17, 15) is 18.0 Å². The van der Waals surface area contributed by atoms with E-state index in [0.29, 0.717) is 50.1 Å². The second-order valence-electron chi connectivity index (χ2n) is 12.9. The van der Waals surface area contributed by atoms with Crippen LogP contribution in [0.5, 0.6) is 0 Å². The number of hydrogen-bond acceptors (Lipinski definition) is 8. The zero-order chi connectivity index (χ0) is 33.3. The van der Waals surface area contributed by atoms with Crippen LogP contribution in [0.1, 0.15) is 72.3 Å². The summed E-state index contributed by atoms with van der Waals surface area (Å²) in [4.78, 5) is 24.6. The fourth-order valence-electron chi connectivity index (χ4n) is 5.65. The second kappa shape index (κ2) is 12.9. The number of hydrogen-bond donors (Lipinski definition) is 3. The van der Waals surface area contributed by atoms with E-state index in [1.165, 1.54) is 6.92 Å². The van der Waals surface area contributed by atoms with Gasteiger partial charge in [-0.2, -0.15) is 13.5 Å². The summed E-state index contributed by atoms with van der Waals surface area (Å²) in [7, 11) is -4.30. The SMILES string of the molecule is Cc1ccc(-n2nc(C(C)(C)C)cc2NC(=O)Nc2ccc(CC3(OS(=O)(=O)c4c(C)oc(C)c4C=O)CCNCC3)cc2)cc1. The Morgan fingerprint density at radius 1 is 1.02 bits per heavy atom. The van der Waals surface area contributed by atoms with Crippen molar-refractivity contribution < 1.29 is 26.6 Å². The molecule has 12 heteroatoms. The Hall–Kier alpha value is -4.26. The minimum absolute atomic E-state index is 0.0214. The molecule has 2 amide bonds. The van der Waals surface area contributed by atoms with E-state index in [4.69, 9.17) is 13.7 Å². The maximum Gasteiger partial charge on any atom is 0.324 e. The standard InChI is InChI=1S/C34H41N5O6S/c1-22-7-13-27(14-8-22)39-30(19-29(38-39)33(4,5)6)37-32(41)36-26-11-9-25(10-12-26)20-34(15-17-35-18-16-34)45-46(42,43)31-24(3)44-23(2)28(31)21-40/h7-14,19,21,35H,15-18,20H2,1-6H3,(H2,36,37,41). The smallest absolute Gasteiger partial charge is 0.324 e. The van der Waals surface area contributed by atoms with Gasteiger partial charge in [0.2, 0.25) is 0 Å². The Kier molecular flexibility index (Phi) is 9.26. The number of furan rings is 1. The molecule has 5 rings (SSSR count). The molecular formula is C34H41N5O6S. The molecule has 1 saturated heterocycles. The van der Waals surface area contributed by atoms with E-state index in [-0.39, 0.29) is 27.4 Å². The molecule has 3 heterocycles. The highest BCUT2D eigenvalue weighted by Crippen LogP contribution is 2.35. The maximum atomic E-state index is 13.5. The van der Waals surface area contributed by atoms with Crippen molar-refractivity contribution in [2.75, 3.05) is 23.7 Å². The molecular weight excluding hydrogens is 606 g/mol. The molecule has 2 aromatic heterocycles. The third-order valence-electron chi connectivity index (χ3n) is 8.16. The molecule has 4 aromatic rings. The number of urea groups is 1. The van der Waals surface area contributed by atoms with Gasteiger partial charge in [-0.05, 0) is 76.5 Å². The number of aromatic nitrogens is 2. The quantitative estimate of drug-likeness (QED) is 0.144. The van der Waals surface area contributed by atoms with E-state index in [2.05, 4.69) is 36.7 Å². The van der Waals surface area contributed by atoms with E-state index >= 15 is 0 Å². The van der Waals surface area contributed by atoms with Crippen LogP contribution in [0.4, 0.5) is 16.3 Å². The first-order valence-electron chi connectivity index (χ1n) is 15.3. The Morgan fingerprint density at radius 3 is 2.28 bits per heavy atom. The number of aldehydes is 1. The van der Waals surface area contributed by atoms with Crippen LogP contribution in [0, 0.1) is 20.8 Å². The maximum absolute atomic E-state index is 13.5. The van der Waals surface area contributed by atoms with Gasteiger partial charge >= 0.3 is 16.1 Å². The fourth-order valence-corrected chi connectivity index (χ4v) is 7.28. The molecule has 2 aromatic carbocycles. The van der Waals surface area contributed by atoms with Crippen molar-refractivity contribution in [3.05, 3.63) is 88.5 Å². The first-order valence-corrected chi connectivity index (χ1v) is 16.7. The van der Waals surface area contributed by atoms with Gasteiger partial charge in [0.1, 0.15) is 22.2 Å². The summed E-state index contributed by atoms with van der Waals surface area (Å²) in [5, 5.41) is 13.8. The number of amides is 2. The number of rotatable bonds is 9. The van der Waals surface area contributed by atoms with Crippen molar-refractivity contribution in [3.8, 4) is 5.69 Å². The summed E-state index contributed by atoms with van der Waals surface area (Å²) in [6.07, 6.45) is 1.70. The monoisotopic (exact) mass is 647 g/mol. The predicted molar refractivity (Wildman–Crippen MR) is 176 cm³/mol. The van der Waals surface area contributed by atoms with E-state index in [1.54, 1.807) is 23.7 Å². The normalized spacial score (nSPS) is 15.0. The van der Waals surface area contributed by atoms with E-state index < -0.39 is 21.8 Å². The van der Waals surface area contributed by atoms with Gasteiger partial charge < -0.3 is 15.1 Å². The number of piperidine rings is 1. The molecule has 0 aliphatic carbocycles.